The van der Waals surface area contributed by atoms with Gasteiger partial charge < -0.3 is 10.6 Å². The zero-order chi connectivity index (χ0) is 16.2. The molecule has 0 radical (unpaired) electrons. The van der Waals surface area contributed by atoms with E-state index in [1.807, 2.05) is 30.3 Å². The van der Waals surface area contributed by atoms with Crippen molar-refractivity contribution in [3.05, 3.63) is 54.4 Å². The molecular formula is C18H18N4O. The molecule has 0 aliphatic heterocycles. The molecule has 5 nitrogen and oxygen atoms in total. The molecule has 116 valence electrons. The number of hydrogen-bond donors (Lipinski definition) is 2. The SMILES string of the molecule is CCc1ccc2ncnc(Nc3cccc(NC(C)=O)c3)c2c1. The Morgan fingerprint density at radius 1 is 1.09 bits per heavy atom. The molecule has 0 fully saturated rings. The molecule has 1 amide bonds. The Kier molecular flexibility index (Phi) is 4.19. The number of hydrogen-bond acceptors (Lipinski definition) is 4. The number of carbonyl (C=O) groups is 1. The minimum absolute atomic E-state index is 0.0952. The summed E-state index contributed by atoms with van der Waals surface area (Å²) >= 11 is 0. The smallest absolute Gasteiger partial charge is 0.221 e. The Labute approximate surface area is 134 Å². The van der Waals surface area contributed by atoms with Crippen LogP contribution < -0.4 is 10.6 Å². The third-order valence-corrected chi connectivity index (χ3v) is 3.55. The molecule has 2 N–H and O–H groups in total. The molecule has 0 bridgehead atoms. The van der Waals surface area contributed by atoms with Gasteiger partial charge in [-0.05, 0) is 42.3 Å². The Bertz CT molecular complexity index is 861. The molecule has 0 saturated carbocycles. The van der Waals surface area contributed by atoms with Crippen LogP contribution in [0.25, 0.3) is 10.9 Å². The van der Waals surface area contributed by atoms with Gasteiger partial charge in [-0.3, -0.25) is 4.79 Å². The van der Waals surface area contributed by atoms with Gasteiger partial charge in [0.05, 0.1) is 5.52 Å². The summed E-state index contributed by atoms with van der Waals surface area (Å²) in [5, 5.41) is 7.07. The second-order valence-electron chi connectivity index (χ2n) is 5.31. The quantitative estimate of drug-likeness (QED) is 0.767. The van der Waals surface area contributed by atoms with E-state index >= 15 is 0 Å². The highest BCUT2D eigenvalue weighted by molar-refractivity contribution is 5.92. The lowest BCUT2D eigenvalue weighted by molar-refractivity contribution is -0.114. The molecule has 0 atom stereocenters. The van der Waals surface area contributed by atoms with Gasteiger partial charge in [-0.25, -0.2) is 9.97 Å². The van der Waals surface area contributed by atoms with E-state index in [-0.39, 0.29) is 5.91 Å². The number of nitrogens with one attached hydrogen (secondary N) is 2. The molecule has 0 unspecified atom stereocenters. The molecule has 0 spiro atoms. The van der Waals surface area contributed by atoms with E-state index in [2.05, 4.69) is 39.7 Å². The molecule has 1 heterocycles. The number of amides is 1. The van der Waals surface area contributed by atoms with Gasteiger partial charge >= 0.3 is 0 Å². The largest absolute Gasteiger partial charge is 0.340 e. The summed E-state index contributed by atoms with van der Waals surface area (Å²) in [5.74, 6) is 0.660. The number of aryl methyl sites for hydroxylation is 1. The summed E-state index contributed by atoms with van der Waals surface area (Å²) in [6.45, 7) is 3.61. The highest BCUT2D eigenvalue weighted by Gasteiger charge is 2.06. The van der Waals surface area contributed by atoms with Crippen molar-refractivity contribution in [1.82, 2.24) is 9.97 Å². The molecule has 1 aromatic heterocycles. The summed E-state index contributed by atoms with van der Waals surface area (Å²) in [5.41, 5.74) is 3.74. The molecular weight excluding hydrogens is 288 g/mol. The normalized spacial score (nSPS) is 10.5. The molecule has 2 aromatic carbocycles. The topological polar surface area (TPSA) is 66.9 Å². The fourth-order valence-electron chi connectivity index (χ4n) is 2.44. The minimum Gasteiger partial charge on any atom is -0.340 e. The first-order valence-corrected chi connectivity index (χ1v) is 7.54. The van der Waals surface area contributed by atoms with Gasteiger partial charge in [-0.15, -0.1) is 0 Å². The first-order valence-electron chi connectivity index (χ1n) is 7.54. The number of fused-ring (bicyclic) bond motifs is 1. The van der Waals surface area contributed by atoms with Crippen molar-refractivity contribution in [1.29, 1.82) is 0 Å². The second kappa shape index (κ2) is 6.44. The van der Waals surface area contributed by atoms with Gasteiger partial charge in [0.15, 0.2) is 0 Å². The number of rotatable bonds is 4. The third-order valence-electron chi connectivity index (χ3n) is 3.55. The Morgan fingerprint density at radius 3 is 2.70 bits per heavy atom. The van der Waals surface area contributed by atoms with E-state index in [1.54, 1.807) is 6.33 Å². The molecule has 0 saturated heterocycles. The van der Waals surface area contributed by atoms with Crippen molar-refractivity contribution in [2.24, 2.45) is 0 Å². The van der Waals surface area contributed by atoms with Gasteiger partial charge in [0.2, 0.25) is 5.91 Å². The van der Waals surface area contributed by atoms with Crippen molar-refractivity contribution in [3.63, 3.8) is 0 Å². The van der Waals surface area contributed by atoms with E-state index in [4.69, 9.17) is 0 Å². The fraction of sp³-hybridized carbons (Fsp3) is 0.167. The van der Waals surface area contributed by atoms with Crippen LogP contribution in [0.2, 0.25) is 0 Å². The van der Waals surface area contributed by atoms with Crippen LogP contribution in [0.15, 0.2) is 48.8 Å². The van der Waals surface area contributed by atoms with Gasteiger partial charge in [-0.1, -0.05) is 19.1 Å². The average Bonchev–Trinajstić information content (AvgIpc) is 2.54. The molecule has 3 rings (SSSR count). The maximum Gasteiger partial charge on any atom is 0.221 e. The van der Waals surface area contributed by atoms with Gasteiger partial charge in [-0.2, -0.15) is 0 Å². The molecule has 3 aromatic rings. The van der Waals surface area contributed by atoms with E-state index in [0.29, 0.717) is 0 Å². The van der Waals surface area contributed by atoms with Crippen LogP contribution in [0.4, 0.5) is 17.2 Å². The summed E-state index contributed by atoms with van der Waals surface area (Å²) < 4.78 is 0. The van der Waals surface area contributed by atoms with Crippen LogP contribution in [0.1, 0.15) is 19.4 Å². The van der Waals surface area contributed by atoms with E-state index in [9.17, 15) is 4.79 Å². The van der Waals surface area contributed by atoms with Crippen molar-refractivity contribution in [2.75, 3.05) is 10.6 Å². The zero-order valence-electron chi connectivity index (χ0n) is 13.1. The standard InChI is InChI=1S/C18H18N4O/c1-3-13-7-8-17-16(9-13)18(20-11-19-17)22-15-6-4-5-14(10-15)21-12(2)23/h4-11H,3H2,1-2H3,(H,21,23)(H,19,20,22). The van der Waals surface area contributed by atoms with E-state index < -0.39 is 0 Å². The lowest BCUT2D eigenvalue weighted by atomic mass is 10.1. The van der Waals surface area contributed by atoms with Crippen LogP contribution in [0.5, 0.6) is 0 Å². The summed E-state index contributed by atoms with van der Waals surface area (Å²) in [6, 6.07) is 13.7. The summed E-state index contributed by atoms with van der Waals surface area (Å²) in [7, 11) is 0. The number of aromatic nitrogens is 2. The minimum atomic E-state index is -0.0952. The Balaban J connectivity index is 1.96. The lowest BCUT2D eigenvalue weighted by Gasteiger charge is -2.10. The fourth-order valence-corrected chi connectivity index (χ4v) is 2.44. The van der Waals surface area contributed by atoms with Gasteiger partial charge in [0, 0.05) is 23.7 Å². The maximum absolute atomic E-state index is 11.2. The zero-order valence-corrected chi connectivity index (χ0v) is 13.1. The van der Waals surface area contributed by atoms with Crippen LogP contribution in [-0.4, -0.2) is 15.9 Å². The lowest BCUT2D eigenvalue weighted by Crippen LogP contribution is -2.06. The van der Waals surface area contributed by atoms with Crippen LogP contribution in [-0.2, 0) is 11.2 Å². The molecule has 5 heteroatoms. The average molecular weight is 306 g/mol. The third kappa shape index (κ3) is 3.45. The number of benzene rings is 2. The van der Waals surface area contributed by atoms with Crippen LogP contribution >= 0.6 is 0 Å². The Hall–Kier alpha value is -2.95. The molecule has 0 aliphatic rings. The maximum atomic E-state index is 11.2. The van der Waals surface area contributed by atoms with Crippen molar-refractivity contribution < 1.29 is 4.79 Å². The van der Waals surface area contributed by atoms with Crippen molar-refractivity contribution in [3.8, 4) is 0 Å². The van der Waals surface area contributed by atoms with Crippen LogP contribution in [0.3, 0.4) is 0 Å². The predicted octanol–water partition coefficient (Wildman–Crippen LogP) is 3.89. The number of nitrogens with zero attached hydrogens (tertiary/aromatic N) is 2. The van der Waals surface area contributed by atoms with Gasteiger partial charge in [0.1, 0.15) is 12.1 Å². The molecule has 0 aliphatic carbocycles. The number of anilines is 3. The first-order chi connectivity index (χ1) is 11.2. The predicted molar refractivity (Wildman–Crippen MR) is 92.9 cm³/mol. The van der Waals surface area contributed by atoms with Crippen LogP contribution in [0, 0.1) is 0 Å². The highest BCUT2D eigenvalue weighted by atomic mass is 16.1. The number of carbonyl (C=O) groups excluding carboxylic acids is 1. The van der Waals surface area contributed by atoms with E-state index in [1.165, 1.54) is 12.5 Å². The van der Waals surface area contributed by atoms with Gasteiger partial charge in [0.25, 0.3) is 0 Å². The first kappa shape index (κ1) is 15.0. The van der Waals surface area contributed by atoms with E-state index in [0.717, 1.165) is 34.5 Å². The second-order valence-corrected chi connectivity index (χ2v) is 5.31. The monoisotopic (exact) mass is 306 g/mol. The highest BCUT2D eigenvalue weighted by Crippen LogP contribution is 2.25. The molecule has 23 heavy (non-hydrogen) atoms. The summed E-state index contributed by atoms with van der Waals surface area (Å²) in [6.07, 6.45) is 2.51. The van der Waals surface area contributed by atoms with Crippen molar-refractivity contribution >= 4 is 34.0 Å². The Morgan fingerprint density at radius 2 is 1.91 bits per heavy atom. The summed E-state index contributed by atoms with van der Waals surface area (Å²) in [4.78, 5) is 19.8. The van der Waals surface area contributed by atoms with Crippen molar-refractivity contribution in [2.45, 2.75) is 20.3 Å².